The van der Waals surface area contributed by atoms with Gasteiger partial charge in [0.05, 0.1) is 0 Å². The van der Waals surface area contributed by atoms with Crippen LogP contribution in [0.15, 0.2) is 60.7 Å². The average molecular weight is 590 g/mol. The van der Waals surface area contributed by atoms with Gasteiger partial charge < -0.3 is 9.64 Å². The minimum Gasteiger partial charge on any atom is -0.457 e. The summed E-state index contributed by atoms with van der Waals surface area (Å²) in [5.41, 5.74) is 1.47. The number of urea groups is 1. The predicted octanol–water partition coefficient (Wildman–Crippen LogP) is 5.66. The van der Waals surface area contributed by atoms with Crippen molar-refractivity contribution in [2.24, 2.45) is 5.41 Å². The van der Waals surface area contributed by atoms with E-state index >= 15 is 0 Å². The minimum absolute atomic E-state index is 0.0962. The van der Waals surface area contributed by atoms with E-state index in [1.54, 1.807) is 6.07 Å². The highest BCUT2D eigenvalue weighted by molar-refractivity contribution is 14.1. The van der Waals surface area contributed by atoms with E-state index in [1.807, 2.05) is 47.4 Å². The molecule has 2 aromatic carbocycles. The highest BCUT2D eigenvalue weighted by Crippen LogP contribution is 2.41. The van der Waals surface area contributed by atoms with Crippen LogP contribution in [-0.4, -0.2) is 52.2 Å². The largest absolute Gasteiger partial charge is 0.457 e. The molecule has 3 aromatic rings. The van der Waals surface area contributed by atoms with E-state index < -0.39 is 0 Å². The summed E-state index contributed by atoms with van der Waals surface area (Å²) in [6.07, 6.45) is 2.20. The maximum Gasteiger partial charge on any atom is 0.323 e. The molecule has 1 spiro atoms. The number of aromatic nitrogens is 2. The maximum absolute atomic E-state index is 12.5. The van der Waals surface area contributed by atoms with Gasteiger partial charge in [-0.05, 0) is 103 Å². The second kappa shape index (κ2) is 10.1. The molecule has 5 rings (SSSR count). The fourth-order valence-corrected chi connectivity index (χ4v) is 5.00. The molecule has 1 aromatic heterocycles. The first kappa shape index (κ1) is 23.3. The SMILES string of the molecule is O=C(Nc1ccc(I)nn1)N1CC2(CCN(Cc3cccc(Oc4ccc(Cl)cc4)c3)CC2)C1. The zero-order valence-corrected chi connectivity index (χ0v) is 21.5. The lowest BCUT2D eigenvalue weighted by molar-refractivity contribution is -0.0200. The zero-order valence-electron chi connectivity index (χ0n) is 18.6. The van der Waals surface area contributed by atoms with Crippen LogP contribution in [0.1, 0.15) is 18.4 Å². The number of piperidine rings is 1. The minimum atomic E-state index is -0.0962. The highest BCUT2D eigenvalue weighted by Gasteiger charge is 2.46. The molecule has 0 bridgehead atoms. The number of carbonyl (C=O) groups excluding carboxylic acids is 1. The number of nitrogens with zero attached hydrogens (tertiary/aromatic N) is 4. The van der Waals surface area contributed by atoms with Crippen LogP contribution in [-0.2, 0) is 6.54 Å². The summed E-state index contributed by atoms with van der Waals surface area (Å²) in [5.74, 6) is 2.09. The lowest BCUT2D eigenvalue weighted by atomic mass is 9.72. The number of halogens is 2. The zero-order chi connectivity index (χ0) is 23.5. The van der Waals surface area contributed by atoms with Crippen LogP contribution in [0.3, 0.4) is 0 Å². The summed E-state index contributed by atoms with van der Waals surface area (Å²) in [6, 6.07) is 19.1. The number of nitrogens with one attached hydrogen (secondary N) is 1. The average Bonchev–Trinajstić information content (AvgIpc) is 2.81. The van der Waals surface area contributed by atoms with Gasteiger partial charge in [0.15, 0.2) is 5.82 Å². The number of hydrogen-bond acceptors (Lipinski definition) is 5. The molecular weight excluding hydrogens is 565 g/mol. The van der Waals surface area contributed by atoms with E-state index in [9.17, 15) is 4.79 Å². The van der Waals surface area contributed by atoms with Crippen LogP contribution in [0.4, 0.5) is 10.6 Å². The molecule has 34 heavy (non-hydrogen) atoms. The number of rotatable bonds is 5. The van der Waals surface area contributed by atoms with Crippen molar-refractivity contribution >= 4 is 46.0 Å². The molecular formula is C25H25ClIN5O2. The molecule has 0 atom stereocenters. The highest BCUT2D eigenvalue weighted by atomic mass is 127. The van der Waals surface area contributed by atoms with Crippen LogP contribution >= 0.6 is 34.2 Å². The van der Waals surface area contributed by atoms with Gasteiger partial charge in [-0.1, -0.05) is 23.7 Å². The molecule has 2 aliphatic rings. The van der Waals surface area contributed by atoms with Gasteiger partial charge in [-0.25, -0.2) is 4.79 Å². The normalized spacial score (nSPS) is 17.3. The molecule has 9 heteroatoms. The molecule has 2 amide bonds. The molecule has 176 valence electrons. The van der Waals surface area contributed by atoms with Gasteiger partial charge in [0, 0.05) is 30.1 Å². The van der Waals surface area contributed by atoms with E-state index in [4.69, 9.17) is 16.3 Å². The first-order valence-corrected chi connectivity index (χ1v) is 12.7. The van der Waals surface area contributed by atoms with Crippen molar-refractivity contribution < 1.29 is 9.53 Å². The van der Waals surface area contributed by atoms with Gasteiger partial charge in [0.1, 0.15) is 15.2 Å². The van der Waals surface area contributed by atoms with E-state index in [1.165, 1.54) is 5.56 Å². The number of hydrogen-bond donors (Lipinski definition) is 1. The van der Waals surface area contributed by atoms with Gasteiger partial charge in [0.25, 0.3) is 0 Å². The molecule has 7 nitrogen and oxygen atoms in total. The summed E-state index contributed by atoms with van der Waals surface area (Å²) in [7, 11) is 0. The lowest BCUT2D eigenvalue weighted by Crippen LogP contribution is -2.62. The van der Waals surface area contributed by atoms with Crippen molar-refractivity contribution in [1.82, 2.24) is 20.0 Å². The Balaban J connectivity index is 1.09. The fraction of sp³-hybridized carbons (Fsp3) is 0.320. The van der Waals surface area contributed by atoms with Gasteiger partial charge in [-0.3, -0.25) is 10.2 Å². The van der Waals surface area contributed by atoms with Crippen LogP contribution in [0.5, 0.6) is 11.5 Å². The third-order valence-electron chi connectivity index (χ3n) is 6.48. The van der Waals surface area contributed by atoms with Crippen molar-refractivity contribution in [3.8, 4) is 11.5 Å². The molecule has 2 saturated heterocycles. The second-order valence-electron chi connectivity index (χ2n) is 9.01. The van der Waals surface area contributed by atoms with Crippen molar-refractivity contribution in [3.05, 3.63) is 75.0 Å². The van der Waals surface area contributed by atoms with E-state index in [2.05, 4.69) is 55.1 Å². The first-order chi connectivity index (χ1) is 16.5. The first-order valence-electron chi connectivity index (χ1n) is 11.3. The molecule has 0 saturated carbocycles. The van der Waals surface area contributed by atoms with Crippen LogP contribution in [0.25, 0.3) is 0 Å². The Bertz CT molecular complexity index is 1140. The summed E-state index contributed by atoms with van der Waals surface area (Å²) in [5, 5.41) is 11.5. The quantitative estimate of drug-likeness (QED) is 0.389. The standard InChI is InChI=1S/C25H25ClIN5O2/c26-19-4-6-20(7-5-19)34-21-3-1-2-18(14-21)15-31-12-10-25(11-13-31)16-32(17-25)24(33)28-23-9-8-22(27)29-30-23/h1-9,14H,10-13,15-17H2,(H,28,30,33). The molecule has 0 radical (unpaired) electrons. The Kier molecular flexibility index (Phi) is 6.89. The predicted molar refractivity (Wildman–Crippen MR) is 140 cm³/mol. The van der Waals surface area contributed by atoms with Crippen molar-refractivity contribution in [3.63, 3.8) is 0 Å². The monoisotopic (exact) mass is 589 g/mol. The Hall–Kier alpha value is -2.43. The molecule has 0 unspecified atom stereocenters. The Morgan fingerprint density at radius 1 is 1.03 bits per heavy atom. The molecule has 0 aliphatic carbocycles. The van der Waals surface area contributed by atoms with Gasteiger partial charge >= 0.3 is 6.03 Å². The molecule has 2 aliphatic heterocycles. The molecule has 1 N–H and O–H groups in total. The third kappa shape index (κ3) is 5.61. The van der Waals surface area contributed by atoms with Crippen molar-refractivity contribution in [2.75, 3.05) is 31.5 Å². The summed E-state index contributed by atoms with van der Waals surface area (Å²) < 4.78 is 6.77. The van der Waals surface area contributed by atoms with Crippen molar-refractivity contribution in [2.45, 2.75) is 19.4 Å². The molecule has 3 heterocycles. The van der Waals surface area contributed by atoms with Gasteiger partial charge in [-0.15, -0.1) is 10.2 Å². The maximum atomic E-state index is 12.5. The number of amides is 2. The number of anilines is 1. The van der Waals surface area contributed by atoms with E-state index in [-0.39, 0.29) is 11.4 Å². The Morgan fingerprint density at radius 3 is 2.50 bits per heavy atom. The number of likely N-dealkylation sites (tertiary alicyclic amines) is 2. The van der Waals surface area contributed by atoms with Crippen molar-refractivity contribution in [1.29, 1.82) is 0 Å². The van der Waals surface area contributed by atoms with E-state index in [0.717, 1.165) is 60.8 Å². The Labute approximate surface area is 217 Å². The third-order valence-corrected chi connectivity index (χ3v) is 7.30. The van der Waals surface area contributed by atoms with Crippen LogP contribution < -0.4 is 10.1 Å². The summed E-state index contributed by atoms with van der Waals surface area (Å²) in [4.78, 5) is 16.9. The van der Waals surface area contributed by atoms with Crippen LogP contribution in [0, 0.1) is 9.12 Å². The molecule has 2 fully saturated rings. The second-order valence-corrected chi connectivity index (χ2v) is 10.5. The van der Waals surface area contributed by atoms with Gasteiger partial charge in [-0.2, -0.15) is 0 Å². The fourth-order valence-electron chi connectivity index (χ4n) is 4.58. The number of carbonyl (C=O) groups is 1. The summed E-state index contributed by atoms with van der Waals surface area (Å²) >= 11 is 8.05. The number of benzene rings is 2. The van der Waals surface area contributed by atoms with Crippen LogP contribution in [0.2, 0.25) is 5.02 Å². The lowest BCUT2D eigenvalue weighted by Gasteiger charge is -2.53. The topological polar surface area (TPSA) is 70.6 Å². The number of ether oxygens (including phenoxy) is 1. The Morgan fingerprint density at radius 2 is 1.79 bits per heavy atom. The van der Waals surface area contributed by atoms with Gasteiger partial charge in [0.2, 0.25) is 0 Å². The smallest absolute Gasteiger partial charge is 0.323 e. The summed E-state index contributed by atoms with van der Waals surface area (Å²) in [6.45, 7) is 4.55. The van der Waals surface area contributed by atoms with E-state index in [0.29, 0.717) is 10.8 Å².